The lowest BCUT2D eigenvalue weighted by molar-refractivity contribution is 0.581. The first kappa shape index (κ1) is 11.9. The summed E-state index contributed by atoms with van der Waals surface area (Å²) in [5.41, 5.74) is 0.945. The summed E-state index contributed by atoms with van der Waals surface area (Å²) in [6.07, 6.45) is 0. The van der Waals surface area contributed by atoms with E-state index in [-0.39, 0.29) is 16.8 Å². The van der Waals surface area contributed by atoms with Gasteiger partial charge in [0.15, 0.2) is 0 Å². The summed E-state index contributed by atoms with van der Waals surface area (Å²) < 4.78 is 1.64. The summed E-state index contributed by atoms with van der Waals surface area (Å²) in [5.74, 6) is 0.624. The highest BCUT2D eigenvalue weighted by Gasteiger charge is 2.12. The minimum absolute atomic E-state index is 0.0477. The van der Waals surface area contributed by atoms with Crippen LogP contribution < -0.4 is 5.56 Å². The summed E-state index contributed by atoms with van der Waals surface area (Å²) >= 11 is 5.75. The van der Waals surface area contributed by atoms with E-state index in [4.69, 9.17) is 11.6 Å². The number of benzene rings is 1. The fourth-order valence-corrected chi connectivity index (χ4v) is 2.14. The van der Waals surface area contributed by atoms with E-state index in [2.05, 4.69) is 4.98 Å². The third kappa shape index (κ3) is 2.39. The SMILES string of the molecule is Cc1nc(Cl)cc(=O)n1C(C)c1ccccc1. The fraction of sp³-hybridized carbons (Fsp3) is 0.231. The summed E-state index contributed by atoms with van der Waals surface area (Å²) in [6, 6.07) is 11.1. The molecule has 0 spiro atoms. The van der Waals surface area contributed by atoms with Gasteiger partial charge in [0.25, 0.3) is 5.56 Å². The molecule has 1 unspecified atom stereocenters. The zero-order valence-electron chi connectivity index (χ0n) is 9.72. The van der Waals surface area contributed by atoms with E-state index in [0.29, 0.717) is 5.82 Å². The highest BCUT2D eigenvalue weighted by Crippen LogP contribution is 2.17. The Morgan fingerprint density at radius 2 is 1.94 bits per heavy atom. The standard InChI is InChI=1S/C13H13ClN2O/c1-9(11-6-4-3-5-7-11)16-10(2)15-12(14)8-13(16)17/h3-9H,1-2H3. The molecule has 2 aromatic rings. The Labute approximate surface area is 105 Å². The van der Waals surface area contributed by atoms with E-state index in [9.17, 15) is 4.79 Å². The van der Waals surface area contributed by atoms with Crippen LogP contribution in [0.25, 0.3) is 0 Å². The minimum atomic E-state index is -0.126. The topological polar surface area (TPSA) is 34.9 Å². The number of halogens is 1. The van der Waals surface area contributed by atoms with Crippen LogP contribution in [0.4, 0.5) is 0 Å². The number of hydrogen-bond acceptors (Lipinski definition) is 2. The monoisotopic (exact) mass is 248 g/mol. The second-order valence-electron chi connectivity index (χ2n) is 3.92. The van der Waals surface area contributed by atoms with E-state index in [1.54, 1.807) is 11.5 Å². The Morgan fingerprint density at radius 3 is 2.53 bits per heavy atom. The van der Waals surface area contributed by atoms with Crippen LogP contribution in [0.15, 0.2) is 41.2 Å². The quantitative estimate of drug-likeness (QED) is 0.766. The highest BCUT2D eigenvalue weighted by atomic mass is 35.5. The number of rotatable bonds is 2. The Kier molecular flexibility index (Phi) is 3.29. The Bertz CT molecular complexity index is 578. The second kappa shape index (κ2) is 4.72. The lowest BCUT2D eigenvalue weighted by atomic mass is 10.1. The van der Waals surface area contributed by atoms with Crippen molar-refractivity contribution < 1.29 is 0 Å². The summed E-state index contributed by atoms with van der Waals surface area (Å²) in [5, 5.41) is 0.240. The molecule has 0 bridgehead atoms. The molecule has 88 valence electrons. The molecule has 3 nitrogen and oxygen atoms in total. The van der Waals surface area contributed by atoms with Gasteiger partial charge in [0.1, 0.15) is 11.0 Å². The molecule has 0 aliphatic heterocycles. The van der Waals surface area contributed by atoms with Crippen molar-refractivity contribution >= 4 is 11.6 Å². The van der Waals surface area contributed by atoms with Gasteiger partial charge in [-0.05, 0) is 19.4 Å². The largest absolute Gasteiger partial charge is 0.289 e. The maximum Gasteiger partial charge on any atom is 0.255 e. The van der Waals surface area contributed by atoms with Crippen LogP contribution in [0.5, 0.6) is 0 Å². The molecular weight excluding hydrogens is 236 g/mol. The van der Waals surface area contributed by atoms with Crippen molar-refractivity contribution in [3.8, 4) is 0 Å². The van der Waals surface area contributed by atoms with Crippen LogP contribution in [0.1, 0.15) is 24.4 Å². The molecule has 0 saturated heterocycles. The van der Waals surface area contributed by atoms with E-state index >= 15 is 0 Å². The molecule has 0 saturated carbocycles. The number of nitrogens with zero attached hydrogens (tertiary/aromatic N) is 2. The van der Waals surface area contributed by atoms with Crippen LogP contribution in [-0.4, -0.2) is 9.55 Å². The molecule has 1 aromatic heterocycles. The lowest BCUT2D eigenvalue weighted by Crippen LogP contribution is -2.26. The molecule has 1 aromatic carbocycles. The van der Waals surface area contributed by atoms with Gasteiger partial charge in [-0.15, -0.1) is 0 Å². The van der Waals surface area contributed by atoms with Gasteiger partial charge in [-0.3, -0.25) is 9.36 Å². The third-order valence-electron chi connectivity index (χ3n) is 2.77. The first-order chi connectivity index (χ1) is 8.09. The summed E-state index contributed by atoms with van der Waals surface area (Å²) in [7, 11) is 0. The molecular formula is C13H13ClN2O. The molecule has 0 aliphatic rings. The van der Waals surface area contributed by atoms with E-state index < -0.39 is 0 Å². The lowest BCUT2D eigenvalue weighted by Gasteiger charge is -2.17. The van der Waals surface area contributed by atoms with Gasteiger partial charge in [-0.2, -0.15) is 0 Å². The zero-order chi connectivity index (χ0) is 12.4. The van der Waals surface area contributed by atoms with Crippen LogP contribution >= 0.6 is 11.6 Å². The summed E-state index contributed by atoms with van der Waals surface area (Å²) in [6.45, 7) is 3.76. The molecule has 0 aliphatic carbocycles. The molecule has 0 radical (unpaired) electrons. The van der Waals surface area contributed by atoms with Crippen LogP contribution in [0.2, 0.25) is 5.15 Å². The predicted molar refractivity (Wildman–Crippen MR) is 68.5 cm³/mol. The fourth-order valence-electron chi connectivity index (χ4n) is 1.92. The van der Waals surface area contributed by atoms with Gasteiger partial charge in [0.05, 0.1) is 6.04 Å². The molecule has 17 heavy (non-hydrogen) atoms. The van der Waals surface area contributed by atoms with Crippen LogP contribution in [0.3, 0.4) is 0 Å². The molecule has 1 heterocycles. The van der Waals surface area contributed by atoms with Crippen molar-refractivity contribution in [3.63, 3.8) is 0 Å². The van der Waals surface area contributed by atoms with E-state index in [0.717, 1.165) is 5.56 Å². The third-order valence-corrected chi connectivity index (χ3v) is 2.96. The first-order valence-corrected chi connectivity index (χ1v) is 5.78. The molecule has 4 heteroatoms. The molecule has 1 atom stereocenters. The van der Waals surface area contributed by atoms with E-state index in [1.165, 1.54) is 6.07 Å². The van der Waals surface area contributed by atoms with E-state index in [1.807, 2.05) is 37.3 Å². The highest BCUT2D eigenvalue weighted by molar-refractivity contribution is 6.29. The summed E-state index contributed by atoms with van der Waals surface area (Å²) in [4.78, 5) is 16.0. The number of hydrogen-bond donors (Lipinski definition) is 0. The van der Waals surface area contributed by atoms with Crippen LogP contribution in [-0.2, 0) is 0 Å². The van der Waals surface area contributed by atoms with Gasteiger partial charge in [-0.1, -0.05) is 41.9 Å². The van der Waals surface area contributed by atoms with Crippen molar-refractivity contribution in [2.45, 2.75) is 19.9 Å². The Balaban J connectivity index is 2.52. The molecule has 2 rings (SSSR count). The van der Waals surface area contributed by atoms with Crippen molar-refractivity contribution in [3.05, 3.63) is 63.3 Å². The molecule has 0 amide bonds. The maximum atomic E-state index is 11.9. The predicted octanol–water partition coefficient (Wildman–Crippen LogP) is 2.81. The number of aryl methyl sites for hydroxylation is 1. The van der Waals surface area contributed by atoms with Gasteiger partial charge in [0, 0.05) is 6.07 Å². The average molecular weight is 249 g/mol. The first-order valence-electron chi connectivity index (χ1n) is 5.40. The normalized spacial score (nSPS) is 12.4. The smallest absolute Gasteiger partial charge is 0.255 e. The number of aromatic nitrogens is 2. The minimum Gasteiger partial charge on any atom is -0.289 e. The Morgan fingerprint density at radius 1 is 1.29 bits per heavy atom. The average Bonchev–Trinajstić information content (AvgIpc) is 2.28. The Hall–Kier alpha value is -1.61. The molecule has 0 N–H and O–H groups in total. The van der Waals surface area contributed by atoms with Crippen molar-refractivity contribution in [2.24, 2.45) is 0 Å². The van der Waals surface area contributed by atoms with Crippen molar-refractivity contribution in [1.82, 2.24) is 9.55 Å². The van der Waals surface area contributed by atoms with Crippen LogP contribution in [0, 0.1) is 6.92 Å². The van der Waals surface area contributed by atoms with Crippen molar-refractivity contribution in [2.75, 3.05) is 0 Å². The van der Waals surface area contributed by atoms with Gasteiger partial charge >= 0.3 is 0 Å². The maximum absolute atomic E-state index is 11.9. The molecule has 0 fully saturated rings. The second-order valence-corrected chi connectivity index (χ2v) is 4.31. The van der Waals surface area contributed by atoms with Crippen molar-refractivity contribution in [1.29, 1.82) is 0 Å². The van der Waals surface area contributed by atoms with Gasteiger partial charge < -0.3 is 0 Å². The van der Waals surface area contributed by atoms with Gasteiger partial charge in [-0.25, -0.2) is 4.98 Å². The van der Waals surface area contributed by atoms with Gasteiger partial charge in [0.2, 0.25) is 0 Å². The zero-order valence-corrected chi connectivity index (χ0v) is 10.5.